The van der Waals surface area contributed by atoms with E-state index in [1.165, 1.54) is 17.8 Å². The fourth-order valence-corrected chi connectivity index (χ4v) is 8.02. The van der Waals surface area contributed by atoms with E-state index in [2.05, 4.69) is 83.2 Å². The summed E-state index contributed by atoms with van der Waals surface area (Å²) in [4.78, 5) is 8.85. The van der Waals surface area contributed by atoms with Crippen molar-refractivity contribution in [2.24, 2.45) is 0 Å². The van der Waals surface area contributed by atoms with Crippen LogP contribution in [0.4, 0.5) is 34.1 Å². The Balaban J connectivity index is 1.30. The SMILES string of the molecule is Cc1cc(S(=O)(=O)c2ccccn2)ccc1N1c2ccccc2C(C)(C)c2cc(N3c4ccccc4Oc4ccccc43)ccc21. The average molecular weight is 622 g/mol. The number of nitrogens with zero attached hydrogens (tertiary/aromatic N) is 3. The molecule has 0 radical (unpaired) electrons. The van der Waals surface area contributed by atoms with Crippen LogP contribution in [-0.2, 0) is 15.3 Å². The van der Waals surface area contributed by atoms with Crippen molar-refractivity contribution in [1.29, 1.82) is 0 Å². The van der Waals surface area contributed by atoms with Gasteiger partial charge in [0.25, 0.3) is 0 Å². The van der Waals surface area contributed by atoms with Crippen LogP contribution in [0.15, 0.2) is 144 Å². The van der Waals surface area contributed by atoms with Crippen LogP contribution in [0.25, 0.3) is 0 Å². The standard InChI is InChI=1S/C39H31N3O3S/c1-26-24-28(46(43,44)38-18-10-11-23-40-38)20-22-31(26)42-32-13-5-4-12-29(32)39(2,3)30-25-27(19-21-33(30)42)41-34-14-6-8-16-36(34)45-37-17-9-7-15-35(37)41/h4-25H,1-3H3. The summed E-state index contributed by atoms with van der Waals surface area (Å²) >= 11 is 0. The van der Waals surface area contributed by atoms with Crippen LogP contribution in [0.2, 0.25) is 0 Å². The Bertz CT molecular complexity index is 2220. The fourth-order valence-electron chi connectivity index (χ4n) is 6.75. The molecule has 0 spiro atoms. The molecule has 0 unspecified atom stereocenters. The molecule has 7 heteroatoms. The van der Waals surface area contributed by atoms with Gasteiger partial charge in [-0.05, 0) is 102 Å². The van der Waals surface area contributed by atoms with Crippen molar-refractivity contribution in [3.63, 3.8) is 0 Å². The molecule has 0 saturated heterocycles. The van der Waals surface area contributed by atoms with Crippen LogP contribution in [0.1, 0.15) is 30.5 Å². The Hall–Kier alpha value is -5.40. The maximum Gasteiger partial charge on any atom is 0.223 e. The first-order chi connectivity index (χ1) is 22.2. The number of rotatable bonds is 4. The van der Waals surface area contributed by atoms with Gasteiger partial charge in [0.05, 0.1) is 27.6 Å². The Morgan fingerprint density at radius 1 is 0.609 bits per heavy atom. The first kappa shape index (κ1) is 28.1. The van der Waals surface area contributed by atoms with E-state index in [0.29, 0.717) is 0 Å². The number of hydrogen-bond acceptors (Lipinski definition) is 6. The normalized spacial score (nSPS) is 14.4. The second-order valence-electron chi connectivity index (χ2n) is 12.2. The number of pyridine rings is 1. The number of hydrogen-bond donors (Lipinski definition) is 0. The smallest absolute Gasteiger partial charge is 0.223 e. The Morgan fingerprint density at radius 3 is 1.89 bits per heavy atom. The molecule has 8 rings (SSSR count). The van der Waals surface area contributed by atoms with Crippen LogP contribution in [-0.4, -0.2) is 13.4 Å². The number of benzene rings is 5. The van der Waals surface area contributed by atoms with Gasteiger partial charge in [0, 0.05) is 23.0 Å². The highest BCUT2D eigenvalue weighted by Gasteiger charge is 2.38. The van der Waals surface area contributed by atoms with Crippen molar-refractivity contribution >= 4 is 44.0 Å². The maximum absolute atomic E-state index is 13.4. The molecule has 0 atom stereocenters. The summed E-state index contributed by atoms with van der Waals surface area (Å²) in [6.07, 6.45) is 1.50. The highest BCUT2D eigenvalue weighted by molar-refractivity contribution is 7.91. The molecule has 0 N–H and O–H groups in total. The van der Waals surface area contributed by atoms with Crippen molar-refractivity contribution in [2.75, 3.05) is 9.80 Å². The third kappa shape index (κ3) is 4.23. The Kier molecular flexibility index (Phi) is 6.31. The van der Waals surface area contributed by atoms with Crippen molar-refractivity contribution in [2.45, 2.75) is 36.1 Å². The van der Waals surface area contributed by atoms with E-state index in [9.17, 15) is 8.42 Å². The molecule has 46 heavy (non-hydrogen) atoms. The van der Waals surface area contributed by atoms with E-state index >= 15 is 0 Å². The van der Waals surface area contributed by atoms with Gasteiger partial charge >= 0.3 is 0 Å². The highest BCUT2D eigenvalue weighted by Crippen LogP contribution is 2.55. The molecule has 1 aromatic heterocycles. The van der Waals surface area contributed by atoms with E-state index in [1.807, 2.05) is 49.4 Å². The summed E-state index contributed by atoms with van der Waals surface area (Å²) in [6, 6.07) is 41.6. The van der Waals surface area contributed by atoms with Crippen molar-refractivity contribution in [3.05, 3.63) is 150 Å². The van der Waals surface area contributed by atoms with E-state index in [1.54, 1.807) is 24.3 Å². The molecule has 226 valence electrons. The quantitative estimate of drug-likeness (QED) is 0.195. The molecule has 6 aromatic rings. The average Bonchev–Trinajstić information content (AvgIpc) is 3.08. The van der Waals surface area contributed by atoms with Gasteiger partial charge in [-0.2, -0.15) is 0 Å². The minimum atomic E-state index is -3.76. The number of para-hydroxylation sites is 5. The van der Waals surface area contributed by atoms with Crippen molar-refractivity contribution in [3.8, 4) is 11.5 Å². The van der Waals surface area contributed by atoms with E-state index in [4.69, 9.17) is 4.74 Å². The van der Waals surface area contributed by atoms with Crippen LogP contribution in [0, 0.1) is 6.92 Å². The summed E-state index contributed by atoms with van der Waals surface area (Å²) in [5.41, 5.74) is 8.89. The zero-order valence-corrected chi connectivity index (χ0v) is 26.5. The number of anilines is 6. The van der Waals surface area contributed by atoms with Gasteiger partial charge < -0.3 is 14.5 Å². The number of aryl methyl sites for hydroxylation is 1. The topological polar surface area (TPSA) is 62.7 Å². The first-order valence-electron chi connectivity index (χ1n) is 15.2. The molecule has 6 nitrogen and oxygen atoms in total. The van der Waals surface area contributed by atoms with Gasteiger partial charge in [0.15, 0.2) is 16.5 Å². The maximum atomic E-state index is 13.4. The zero-order chi connectivity index (χ0) is 31.6. The summed E-state index contributed by atoms with van der Waals surface area (Å²) < 4.78 is 33.1. The van der Waals surface area contributed by atoms with Crippen LogP contribution in [0.3, 0.4) is 0 Å². The molecule has 0 fully saturated rings. The molecule has 3 heterocycles. The molecular formula is C39H31N3O3S. The second-order valence-corrected chi connectivity index (χ2v) is 14.1. The zero-order valence-electron chi connectivity index (χ0n) is 25.7. The van der Waals surface area contributed by atoms with Gasteiger partial charge in [0.2, 0.25) is 9.84 Å². The summed E-state index contributed by atoms with van der Waals surface area (Å²) in [5, 5.41) is 0.0383. The van der Waals surface area contributed by atoms with Gasteiger partial charge in [-0.25, -0.2) is 13.4 Å². The minimum Gasteiger partial charge on any atom is -0.453 e. The Morgan fingerprint density at radius 2 is 1.22 bits per heavy atom. The third-order valence-electron chi connectivity index (χ3n) is 9.04. The van der Waals surface area contributed by atoms with Crippen LogP contribution < -0.4 is 14.5 Å². The second kappa shape index (κ2) is 10.3. The largest absolute Gasteiger partial charge is 0.453 e. The number of fused-ring (bicyclic) bond motifs is 4. The van der Waals surface area contributed by atoms with E-state index in [-0.39, 0.29) is 15.3 Å². The van der Waals surface area contributed by atoms with Gasteiger partial charge in [-0.3, -0.25) is 0 Å². The summed E-state index contributed by atoms with van der Waals surface area (Å²) in [5.74, 6) is 1.61. The van der Waals surface area contributed by atoms with Gasteiger partial charge in [0.1, 0.15) is 0 Å². The monoisotopic (exact) mass is 621 g/mol. The highest BCUT2D eigenvalue weighted by atomic mass is 32.2. The van der Waals surface area contributed by atoms with Crippen LogP contribution in [0.5, 0.6) is 11.5 Å². The summed E-state index contributed by atoms with van der Waals surface area (Å²) in [7, 11) is -3.76. The van der Waals surface area contributed by atoms with Gasteiger partial charge in [-0.1, -0.05) is 62.4 Å². The number of aromatic nitrogens is 1. The van der Waals surface area contributed by atoms with E-state index < -0.39 is 9.84 Å². The Labute approximate surface area is 269 Å². The summed E-state index contributed by atoms with van der Waals surface area (Å²) in [6.45, 7) is 6.50. The van der Waals surface area contributed by atoms with E-state index in [0.717, 1.165) is 56.8 Å². The lowest BCUT2D eigenvalue weighted by Crippen LogP contribution is -2.31. The minimum absolute atomic E-state index is 0.0383. The predicted molar refractivity (Wildman–Crippen MR) is 182 cm³/mol. The number of ether oxygens (including phenoxy) is 1. The molecule has 5 aromatic carbocycles. The lowest BCUT2D eigenvalue weighted by molar-refractivity contribution is 0.477. The van der Waals surface area contributed by atoms with Crippen molar-refractivity contribution in [1.82, 2.24) is 4.98 Å². The van der Waals surface area contributed by atoms with Crippen LogP contribution >= 0.6 is 0 Å². The predicted octanol–water partition coefficient (Wildman–Crippen LogP) is 9.91. The molecule has 2 aliphatic heterocycles. The fraction of sp³-hybridized carbons (Fsp3) is 0.103. The lowest BCUT2D eigenvalue weighted by Gasteiger charge is -2.43. The first-order valence-corrected chi connectivity index (χ1v) is 16.7. The van der Waals surface area contributed by atoms with Crippen molar-refractivity contribution < 1.29 is 13.2 Å². The molecule has 0 amide bonds. The number of sulfone groups is 1. The third-order valence-corrected chi connectivity index (χ3v) is 10.7. The lowest BCUT2D eigenvalue weighted by atomic mass is 9.73. The van der Waals surface area contributed by atoms with Gasteiger partial charge in [-0.15, -0.1) is 0 Å². The molecule has 0 saturated carbocycles. The molecule has 2 aliphatic rings. The molecule has 0 bridgehead atoms. The molecular weight excluding hydrogens is 591 g/mol. The molecule has 0 aliphatic carbocycles.